The van der Waals surface area contributed by atoms with Crippen LogP contribution in [0.15, 0.2) is 39.4 Å². The topological polar surface area (TPSA) is 197 Å². The van der Waals surface area contributed by atoms with E-state index >= 15 is 0 Å². The van der Waals surface area contributed by atoms with Crippen LogP contribution in [0.2, 0.25) is 0 Å². The maximum Gasteiger partial charge on any atom is 0.293 e. The number of hydrogen-bond donors (Lipinski definition) is 3. The molecule has 34 heavy (non-hydrogen) atoms. The van der Waals surface area contributed by atoms with Crippen LogP contribution in [0, 0.1) is 0 Å². The zero-order chi connectivity index (χ0) is 24.1. The largest absolute Gasteiger partial charge is 0.504 e. The van der Waals surface area contributed by atoms with Crippen molar-refractivity contribution in [2.24, 2.45) is 12.1 Å². The Bertz CT molecular complexity index is 1330. The SMILES string of the molecule is CCOc1cc(C=NNC(=O)c2nnn(-c3nonc3N)c2CSc2nncn2C)ccc1O. The molecule has 0 radical (unpaired) electrons. The van der Waals surface area contributed by atoms with Crippen molar-refractivity contribution >= 4 is 29.7 Å². The molecule has 0 aliphatic rings. The highest BCUT2D eigenvalue weighted by molar-refractivity contribution is 7.98. The van der Waals surface area contributed by atoms with Crippen LogP contribution in [0.25, 0.3) is 5.82 Å². The number of carbonyl (C=O) groups excluding carboxylic acids is 1. The number of nitrogens with two attached hydrogens (primary N) is 1. The van der Waals surface area contributed by atoms with Crippen LogP contribution in [-0.2, 0) is 12.8 Å². The van der Waals surface area contributed by atoms with Gasteiger partial charge in [0.05, 0.1) is 18.5 Å². The van der Waals surface area contributed by atoms with E-state index in [1.54, 1.807) is 37.0 Å². The summed E-state index contributed by atoms with van der Waals surface area (Å²) in [4.78, 5) is 12.8. The van der Waals surface area contributed by atoms with E-state index in [0.717, 1.165) is 0 Å². The molecule has 0 unspecified atom stereocenters. The number of amides is 1. The van der Waals surface area contributed by atoms with Gasteiger partial charge in [0.2, 0.25) is 11.6 Å². The van der Waals surface area contributed by atoms with Crippen LogP contribution in [0.5, 0.6) is 11.5 Å². The molecule has 1 amide bonds. The second-order valence-corrected chi connectivity index (χ2v) is 7.58. The Hall–Kier alpha value is -4.47. The van der Waals surface area contributed by atoms with Crippen molar-refractivity contribution in [1.82, 2.24) is 45.5 Å². The molecule has 176 valence electrons. The predicted molar refractivity (Wildman–Crippen MR) is 119 cm³/mol. The van der Waals surface area contributed by atoms with Crippen molar-refractivity contribution in [2.45, 2.75) is 17.8 Å². The second-order valence-electron chi connectivity index (χ2n) is 6.64. The molecule has 16 heteroatoms. The summed E-state index contributed by atoms with van der Waals surface area (Å²) < 4.78 is 13.0. The van der Waals surface area contributed by atoms with E-state index in [0.29, 0.717) is 28.8 Å². The van der Waals surface area contributed by atoms with Gasteiger partial charge in [-0.25, -0.2) is 10.1 Å². The van der Waals surface area contributed by atoms with Crippen LogP contribution in [0.4, 0.5) is 5.82 Å². The maximum atomic E-state index is 12.8. The molecule has 3 aromatic heterocycles. The number of hydrogen-bond acceptors (Lipinski definition) is 13. The molecule has 1 aromatic carbocycles. The molecule has 4 N–H and O–H groups in total. The summed E-state index contributed by atoms with van der Waals surface area (Å²) in [5.74, 6) is 0.00534. The number of hydrazone groups is 1. The minimum Gasteiger partial charge on any atom is -0.504 e. The van der Waals surface area contributed by atoms with Crippen molar-refractivity contribution in [1.29, 1.82) is 0 Å². The van der Waals surface area contributed by atoms with Gasteiger partial charge in [0.25, 0.3) is 5.91 Å². The third-order valence-corrected chi connectivity index (χ3v) is 5.39. The number of rotatable bonds is 9. The summed E-state index contributed by atoms with van der Waals surface area (Å²) in [6.45, 7) is 2.19. The number of phenolic OH excluding ortho intramolecular Hbond substituents is 1. The van der Waals surface area contributed by atoms with Crippen molar-refractivity contribution in [3.8, 4) is 17.3 Å². The van der Waals surface area contributed by atoms with Gasteiger partial charge in [-0.1, -0.05) is 17.0 Å². The summed E-state index contributed by atoms with van der Waals surface area (Å²) in [5, 5.41) is 37.4. The number of nitrogen functional groups attached to an aromatic ring is 1. The van der Waals surface area contributed by atoms with Gasteiger partial charge in [0, 0.05) is 12.8 Å². The quantitative estimate of drug-likeness (QED) is 0.169. The fourth-order valence-corrected chi connectivity index (χ4v) is 3.63. The third-order valence-electron chi connectivity index (χ3n) is 4.35. The molecule has 4 rings (SSSR count). The Morgan fingerprint density at radius 1 is 1.38 bits per heavy atom. The van der Waals surface area contributed by atoms with E-state index in [1.807, 2.05) is 0 Å². The highest BCUT2D eigenvalue weighted by atomic mass is 32.2. The van der Waals surface area contributed by atoms with Crippen LogP contribution in [0.1, 0.15) is 28.7 Å². The predicted octanol–water partition coefficient (Wildman–Crippen LogP) is 0.521. The lowest BCUT2D eigenvalue weighted by Gasteiger charge is -2.06. The molecule has 0 aliphatic carbocycles. The average Bonchev–Trinajstić information content (AvgIpc) is 3.54. The first-order valence-corrected chi connectivity index (χ1v) is 10.8. The van der Waals surface area contributed by atoms with Gasteiger partial charge in [0.1, 0.15) is 6.33 Å². The Morgan fingerprint density at radius 2 is 2.24 bits per heavy atom. The highest BCUT2D eigenvalue weighted by Gasteiger charge is 2.24. The summed E-state index contributed by atoms with van der Waals surface area (Å²) in [6.07, 6.45) is 2.96. The Kier molecular flexibility index (Phi) is 6.67. The Labute approximate surface area is 195 Å². The van der Waals surface area contributed by atoms with Crippen molar-refractivity contribution in [3.05, 3.63) is 41.5 Å². The third kappa shape index (κ3) is 4.80. The number of carbonyl (C=O) groups is 1. The minimum absolute atomic E-state index is 0.00469. The monoisotopic (exact) mass is 485 g/mol. The Balaban J connectivity index is 1.55. The normalized spacial score (nSPS) is 11.2. The molecular formula is C18H19N11O4S. The van der Waals surface area contributed by atoms with Crippen LogP contribution < -0.4 is 15.9 Å². The maximum absolute atomic E-state index is 12.8. The molecule has 0 atom stereocenters. The number of anilines is 1. The van der Waals surface area contributed by atoms with Crippen LogP contribution >= 0.6 is 11.8 Å². The first-order chi connectivity index (χ1) is 16.5. The molecule has 0 bridgehead atoms. The summed E-state index contributed by atoms with van der Waals surface area (Å²) in [6, 6.07) is 4.68. The standard InChI is InChI=1S/C18H19N11O4S/c1-3-32-13-6-10(4-5-12(13)30)7-20-23-17(31)14-11(8-34-18-24-21-9-28(18)2)29(27-22-14)16-15(19)25-33-26-16/h4-7,9,30H,3,8H2,1-2H3,(H2,19,25)(H,23,31). The number of phenols is 1. The molecule has 0 fully saturated rings. The summed E-state index contributed by atoms with van der Waals surface area (Å²) >= 11 is 1.30. The molecule has 0 saturated carbocycles. The van der Waals surface area contributed by atoms with Gasteiger partial charge in [-0.2, -0.15) is 9.78 Å². The van der Waals surface area contributed by atoms with E-state index in [2.05, 4.69) is 46.0 Å². The van der Waals surface area contributed by atoms with Crippen LogP contribution in [0.3, 0.4) is 0 Å². The van der Waals surface area contributed by atoms with Crippen LogP contribution in [-0.4, -0.2) is 63.9 Å². The molecule has 0 saturated heterocycles. The number of benzene rings is 1. The van der Waals surface area contributed by atoms with Gasteiger partial charge >= 0.3 is 0 Å². The number of aromatic nitrogens is 8. The molecule has 3 heterocycles. The molecule has 0 spiro atoms. The molecule has 4 aromatic rings. The molecular weight excluding hydrogens is 466 g/mol. The fourth-order valence-electron chi connectivity index (χ4n) is 2.75. The number of aryl methyl sites for hydroxylation is 1. The smallest absolute Gasteiger partial charge is 0.293 e. The highest BCUT2D eigenvalue weighted by Crippen LogP contribution is 2.26. The lowest BCUT2D eigenvalue weighted by atomic mass is 10.2. The number of nitrogens with zero attached hydrogens (tertiary/aromatic N) is 9. The molecule has 0 aliphatic heterocycles. The lowest BCUT2D eigenvalue weighted by Crippen LogP contribution is -2.20. The van der Waals surface area contributed by atoms with E-state index in [9.17, 15) is 9.90 Å². The first kappa shape index (κ1) is 22.7. The summed E-state index contributed by atoms with van der Waals surface area (Å²) in [7, 11) is 1.79. The van der Waals surface area contributed by atoms with Gasteiger partial charge in [-0.15, -0.1) is 15.3 Å². The summed E-state index contributed by atoms with van der Waals surface area (Å²) in [5.41, 5.74) is 9.16. The van der Waals surface area contributed by atoms with Gasteiger partial charge in [0.15, 0.2) is 22.3 Å². The van der Waals surface area contributed by atoms with Gasteiger partial charge in [-0.3, -0.25) is 4.79 Å². The number of ether oxygens (including phenoxy) is 1. The zero-order valence-corrected chi connectivity index (χ0v) is 18.8. The average molecular weight is 485 g/mol. The minimum atomic E-state index is -0.616. The fraction of sp³-hybridized carbons (Fsp3) is 0.222. The van der Waals surface area contributed by atoms with Crippen molar-refractivity contribution in [2.75, 3.05) is 12.3 Å². The van der Waals surface area contributed by atoms with E-state index in [4.69, 9.17) is 10.5 Å². The van der Waals surface area contributed by atoms with Gasteiger partial charge < -0.3 is 20.1 Å². The number of nitrogens with one attached hydrogen (secondary N) is 1. The second kappa shape index (κ2) is 9.99. The first-order valence-electron chi connectivity index (χ1n) is 9.77. The Morgan fingerprint density at radius 3 is 2.94 bits per heavy atom. The lowest BCUT2D eigenvalue weighted by molar-refractivity contribution is 0.0949. The number of aromatic hydroxyl groups is 1. The van der Waals surface area contributed by atoms with Crippen molar-refractivity contribution < 1.29 is 19.3 Å². The molecule has 15 nitrogen and oxygen atoms in total. The van der Waals surface area contributed by atoms with E-state index in [1.165, 1.54) is 28.7 Å². The van der Waals surface area contributed by atoms with E-state index in [-0.39, 0.29) is 28.8 Å². The zero-order valence-electron chi connectivity index (χ0n) is 18.0. The number of thioether (sulfide) groups is 1. The van der Waals surface area contributed by atoms with Gasteiger partial charge in [-0.05, 0) is 41.0 Å². The van der Waals surface area contributed by atoms with Crippen molar-refractivity contribution in [3.63, 3.8) is 0 Å². The van der Waals surface area contributed by atoms with E-state index < -0.39 is 5.91 Å².